The largest absolute Gasteiger partial charge is 0.441 e. The molecule has 1 heterocycles. The fourth-order valence-electron chi connectivity index (χ4n) is 2.17. The SMILES string of the molecule is Cc1oc(-c2ccccc2F)nc1CCNC(=O)CC(C)C. The Morgan fingerprint density at radius 3 is 2.77 bits per heavy atom. The number of hydrogen-bond donors (Lipinski definition) is 1. The van der Waals surface area contributed by atoms with Crippen LogP contribution in [0, 0.1) is 18.7 Å². The van der Waals surface area contributed by atoms with E-state index in [9.17, 15) is 9.18 Å². The van der Waals surface area contributed by atoms with E-state index >= 15 is 0 Å². The molecule has 0 saturated heterocycles. The van der Waals surface area contributed by atoms with E-state index in [0.29, 0.717) is 36.6 Å². The van der Waals surface area contributed by atoms with Gasteiger partial charge in [0.2, 0.25) is 11.8 Å². The number of rotatable bonds is 6. The first-order valence-corrected chi connectivity index (χ1v) is 7.45. The van der Waals surface area contributed by atoms with Crippen molar-refractivity contribution in [2.24, 2.45) is 5.92 Å². The van der Waals surface area contributed by atoms with Crippen molar-refractivity contribution < 1.29 is 13.6 Å². The van der Waals surface area contributed by atoms with Crippen LogP contribution in [0.15, 0.2) is 28.7 Å². The van der Waals surface area contributed by atoms with E-state index in [1.54, 1.807) is 25.1 Å². The second-order valence-corrected chi connectivity index (χ2v) is 5.70. The van der Waals surface area contributed by atoms with Crippen LogP contribution in [0.25, 0.3) is 11.5 Å². The first-order chi connectivity index (χ1) is 10.5. The van der Waals surface area contributed by atoms with E-state index in [1.165, 1.54) is 6.07 Å². The van der Waals surface area contributed by atoms with Gasteiger partial charge in [0.25, 0.3) is 0 Å². The lowest BCUT2D eigenvalue weighted by Crippen LogP contribution is -2.26. The smallest absolute Gasteiger partial charge is 0.229 e. The molecule has 1 aromatic carbocycles. The summed E-state index contributed by atoms with van der Waals surface area (Å²) in [6.45, 7) is 6.29. The van der Waals surface area contributed by atoms with Crippen LogP contribution in [-0.2, 0) is 11.2 Å². The Balaban J connectivity index is 1.99. The first-order valence-electron chi connectivity index (χ1n) is 7.45. The van der Waals surface area contributed by atoms with Gasteiger partial charge in [-0.15, -0.1) is 0 Å². The molecular formula is C17H21FN2O2. The number of halogens is 1. The molecule has 1 N–H and O–H groups in total. The second kappa shape index (κ2) is 7.20. The van der Waals surface area contributed by atoms with Crippen LogP contribution in [0.5, 0.6) is 0 Å². The molecule has 0 bridgehead atoms. The molecule has 118 valence electrons. The molecule has 0 spiro atoms. The highest BCUT2D eigenvalue weighted by atomic mass is 19.1. The molecule has 1 aromatic heterocycles. The van der Waals surface area contributed by atoms with Crippen LogP contribution >= 0.6 is 0 Å². The fourth-order valence-corrected chi connectivity index (χ4v) is 2.17. The molecule has 0 saturated carbocycles. The number of aromatic nitrogens is 1. The summed E-state index contributed by atoms with van der Waals surface area (Å²) in [6.07, 6.45) is 1.08. The lowest BCUT2D eigenvalue weighted by Gasteiger charge is -2.05. The van der Waals surface area contributed by atoms with E-state index in [-0.39, 0.29) is 17.6 Å². The van der Waals surface area contributed by atoms with E-state index in [2.05, 4.69) is 10.3 Å². The quantitative estimate of drug-likeness (QED) is 0.888. The Hall–Kier alpha value is -2.17. The highest BCUT2D eigenvalue weighted by molar-refractivity contribution is 5.76. The monoisotopic (exact) mass is 304 g/mol. The van der Waals surface area contributed by atoms with Gasteiger partial charge in [-0.1, -0.05) is 26.0 Å². The molecule has 1 amide bonds. The molecule has 4 nitrogen and oxygen atoms in total. The summed E-state index contributed by atoms with van der Waals surface area (Å²) in [5.74, 6) is 0.933. The third-order valence-corrected chi connectivity index (χ3v) is 3.27. The maximum absolute atomic E-state index is 13.7. The Bertz CT molecular complexity index is 650. The minimum Gasteiger partial charge on any atom is -0.441 e. The lowest BCUT2D eigenvalue weighted by molar-refractivity contribution is -0.121. The van der Waals surface area contributed by atoms with E-state index in [1.807, 2.05) is 13.8 Å². The summed E-state index contributed by atoms with van der Waals surface area (Å²) >= 11 is 0. The number of oxazole rings is 1. The molecule has 22 heavy (non-hydrogen) atoms. The zero-order valence-corrected chi connectivity index (χ0v) is 13.1. The van der Waals surface area contributed by atoms with E-state index in [4.69, 9.17) is 4.42 Å². The third kappa shape index (κ3) is 4.16. The topological polar surface area (TPSA) is 55.1 Å². The third-order valence-electron chi connectivity index (χ3n) is 3.27. The molecule has 0 radical (unpaired) electrons. The molecule has 0 atom stereocenters. The second-order valence-electron chi connectivity index (χ2n) is 5.70. The molecule has 2 aromatic rings. The van der Waals surface area contributed by atoms with Crippen LogP contribution in [0.1, 0.15) is 31.7 Å². The minimum atomic E-state index is -0.361. The Kier molecular flexibility index (Phi) is 5.31. The summed E-state index contributed by atoms with van der Waals surface area (Å²) < 4.78 is 19.3. The van der Waals surface area contributed by atoms with Crippen LogP contribution in [-0.4, -0.2) is 17.4 Å². The van der Waals surface area contributed by atoms with Crippen molar-refractivity contribution in [3.05, 3.63) is 41.5 Å². The zero-order valence-electron chi connectivity index (χ0n) is 13.1. The van der Waals surface area contributed by atoms with Gasteiger partial charge >= 0.3 is 0 Å². The Morgan fingerprint density at radius 2 is 2.09 bits per heavy atom. The highest BCUT2D eigenvalue weighted by Crippen LogP contribution is 2.24. The van der Waals surface area contributed by atoms with Crippen LogP contribution in [0.3, 0.4) is 0 Å². The summed E-state index contributed by atoms with van der Waals surface area (Å²) in [4.78, 5) is 15.9. The van der Waals surface area contributed by atoms with Gasteiger partial charge in [0.05, 0.1) is 11.3 Å². The van der Waals surface area contributed by atoms with Gasteiger partial charge < -0.3 is 9.73 Å². The number of nitrogens with one attached hydrogen (secondary N) is 1. The van der Waals surface area contributed by atoms with Gasteiger partial charge in [0.15, 0.2) is 0 Å². The van der Waals surface area contributed by atoms with Crippen molar-refractivity contribution in [3.8, 4) is 11.5 Å². The van der Waals surface area contributed by atoms with Crippen LogP contribution in [0.4, 0.5) is 4.39 Å². The summed E-state index contributed by atoms with van der Waals surface area (Å²) in [6, 6.07) is 6.37. The highest BCUT2D eigenvalue weighted by Gasteiger charge is 2.14. The van der Waals surface area contributed by atoms with Gasteiger partial charge in [-0.3, -0.25) is 4.79 Å². The molecule has 0 unspecified atom stereocenters. The molecule has 0 aliphatic rings. The average Bonchev–Trinajstić information content (AvgIpc) is 2.80. The maximum atomic E-state index is 13.7. The van der Waals surface area contributed by atoms with Gasteiger partial charge in [-0.25, -0.2) is 9.37 Å². The zero-order chi connectivity index (χ0) is 16.1. The first kappa shape index (κ1) is 16.2. The number of amides is 1. The molecular weight excluding hydrogens is 283 g/mol. The molecule has 0 aliphatic carbocycles. The summed E-state index contributed by atoms with van der Waals surface area (Å²) in [5.41, 5.74) is 1.09. The number of carbonyl (C=O) groups is 1. The van der Waals surface area contributed by atoms with Crippen molar-refractivity contribution in [2.75, 3.05) is 6.54 Å². The average molecular weight is 304 g/mol. The van der Waals surface area contributed by atoms with Crippen molar-refractivity contribution >= 4 is 5.91 Å². The van der Waals surface area contributed by atoms with Crippen molar-refractivity contribution in [1.82, 2.24) is 10.3 Å². The van der Waals surface area contributed by atoms with Gasteiger partial charge in [0.1, 0.15) is 11.6 Å². The number of carbonyl (C=O) groups excluding carboxylic acids is 1. The van der Waals surface area contributed by atoms with Crippen molar-refractivity contribution in [1.29, 1.82) is 0 Å². The summed E-state index contributed by atoms with van der Waals surface area (Å²) in [5, 5.41) is 2.86. The normalized spacial score (nSPS) is 11.0. The Labute approximate surface area is 129 Å². The van der Waals surface area contributed by atoms with Crippen LogP contribution < -0.4 is 5.32 Å². The molecule has 2 rings (SSSR count). The van der Waals surface area contributed by atoms with Crippen molar-refractivity contribution in [3.63, 3.8) is 0 Å². The van der Waals surface area contributed by atoms with Crippen LogP contribution in [0.2, 0.25) is 0 Å². The fraction of sp³-hybridized carbons (Fsp3) is 0.412. The predicted octanol–water partition coefficient (Wildman–Crippen LogP) is 3.49. The number of aryl methyl sites for hydroxylation is 1. The predicted molar refractivity (Wildman–Crippen MR) is 82.8 cm³/mol. The van der Waals surface area contributed by atoms with E-state index in [0.717, 1.165) is 5.69 Å². The number of benzene rings is 1. The minimum absolute atomic E-state index is 0.0328. The maximum Gasteiger partial charge on any atom is 0.229 e. The van der Waals surface area contributed by atoms with Gasteiger partial charge in [-0.2, -0.15) is 0 Å². The van der Waals surface area contributed by atoms with E-state index < -0.39 is 0 Å². The Morgan fingerprint density at radius 1 is 1.36 bits per heavy atom. The number of nitrogens with zero attached hydrogens (tertiary/aromatic N) is 1. The number of hydrogen-bond acceptors (Lipinski definition) is 3. The lowest BCUT2D eigenvalue weighted by atomic mass is 10.1. The van der Waals surface area contributed by atoms with Crippen molar-refractivity contribution in [2.45, 2.75) is 33.6 Å². The van der Waals surface area contributed by atoms with Gasteiger partial charge in [0, 0.05) is 19.4 Å². The molecule has 0 fully saturated rings. The van der Waals surface area contributed by atoms with Gasteiger partial charge in [-0.05, 0) is 25.0 Å². The molecule has 5 heteroatoms. The molecule has 0 aliphatic heterocycles. The standard InChI is InChI=1S/C17H21FN2O2/c1-11(2)10-16(21)19-9-8-15-12(3)22-17(20-15)13-6-4-5-7-14(13)18/h4-7,11H,8-10H2,1-3H3,(H,19,21). The summed E-state index contributed by atoms with van der Waals surface area (Å²) in [7, 11) is 0.